The Kier molecular flexibility index (Phi) is 6.33. The number of rotatable bonds is 7. The fraction of sp³-hybridized carbons (Fsp3) is 0.417. The maximum atomic E-state index is 12.3. The zero-order valence-electron chi connectivity index (χ0n) is 17.8. The van der Waals surface area contributed by atoms with Gasteiger partial charge >= 0.3 is 0 Å². The molecule has 0 atom stereocenters. The number of benzene rings is 2. The van der Waals surface area contributed by atoms with Crippen molar-refractivity contribution in [2.75, 3.05) is 25.0 Å². The van der Waals surface area contributed by atoms with Crippen LogP contribution >= 0.6 is 0 Å². The summed E-state index contributed by atoms with van der Waals surface area (Å²) >= 11 is 0. The molecular weight excluding hydrogens is 376 g/mol. The van der Waals surface area contributed by atoms with Gasteiger partial charge < -0.3 is 14.6 Å². The monoisotopic (exact) mass is 406 g/mol. The molecule has 0 aliphatic carbocycles. The number of likely N-dealkylation sites (tertiary alicyclic amines) is 1. The Morgan fingerprint density at radius 2 is 1.93 bits per heavy atom. The lowest BCUT2D eigenvalue weighted by Crippen LogP contribution is -2.33. The van der Waals surface area contributed by atoms with Crippen molar-refractivity contribution in [2.45, 2.75) is 39.8 Å². The summed E-state index contributed by atoms with van der Waals surface area (Å²) in [5.74, 6) is 2.42. The van der Waals surface area contributed by atoms with Crippen molar-refractivity contribution >= 4 is 22.6 Å². The van der Waals surface area contributed by atoms with Gasteiger partial charge in [0, 0.05) is 12.2 Å². The van der Waals surface area contributed by atoms with Crippen LogP contribution in [-0.2, 0) is 17.9 Å². The van der Waals surface area contributed by atoms with Crippen LogP contribution in [0.2, 0.25) is 0 Å². The molecule has 6 heteroatoms. The number of imidazole rings is 1. The average Bonchev–Trinajstić information content (AvgIpc) is 3.10. The number of nitrogens with one attached hydrogen (secondary N) is 1. The second-order valence-electron chi connectivity index (χ2n) is 8.08. The predicted molar refractivity (Wildman–Crippen MR) is 120 cm³/mol. The first-order valence-corrected chi connectivity index (χ1v) is 10.8. The van der Waals surface area contributed by atoms with Gasteiger partial charge in [-0.05, 0) is 69.1 Å². The van der Waals surface area contributed by atoms with Gasteiger partial charge in [0.15, 0.2) is 6.61 Å². The highest BCUT2D eigenvalue weighted by atomic mass is 16.5. The fourth-order valence-electron chi connectivity index (χ4n) is 4.01. The van der Waals surface area contributed by atoms with E-state index in [0.717, 1.165) is 54.6 Å². The molecule has 2 aromatic carbocycles. The van der Waals surface area contributed by atoms with E-state index in [1.165, 1.54) is 12.8 Å². The highest BCUT2D eigenvalue weighted by molar-refractivity contribution is 5.94. The molecule has 1 aliphatic heterocycles. The third-order valence-electron chi connectivity index (χ3n) is 5.78. The molecule has 2 heterocycles. The first-order valence-electron chi connectivity index (χ1n) is 10.8. The largest absolute Gasteiger partial charge is 0.484 e. The quantitative estimate of drug-likeness (QED) is 0.635. The number of aromatic nitrogens is 2. The lowest BCUT2D eigenvalue weighted by Gasteiger charge is -2.29. The maximum Gasteiger partial charge on any atom is 0.262 e. The van der Waals surface area contributed by atoms with Crippen LogP contribution in [0.4, 0.5) is 5.69 Å². The van der Waals surface area contributed by atoms with Gasteiger partial charge in [-0.1, -0.05) is 25.1 Å². The molecule has 0 saturated carbocycles. The van der Waals surface area contributed by atoms with E-state index in [2.05, 4.69) is 28.6 Å². The summed E-state index contributed by atoms with van der Waals surface area (Å²) in [4.78, 5) is 19.7. The maximum absolute atomic E-state index is 12.3. The SMILES string of the molecule is CCn1c(CN2CCC(C)CC2)nc2cc(NC(=O)COc3ccccc3)ccc21. The minimum Gasteiger partial charge on any atom is -0.484 e. The van der Waals surface area contributed by atoms with Gasteiger partial charge in [0.25, 0.3) is 5.91 Å². The Labute approximate surface area is 177 Å². The number of piperidine rings is 1. The molecule has 0 spiro atoms. The summed E-state index contributed by atoms with van der Waals surface area (Å²) in [5, 5.41) is 2.91. The third-order valence-corrected chi connectivity index (χ3v) is 5.78. The topological polar surface area (TPSA) is 59.4 Å². The van der Waals surface area contributed by atoms with Crippen LogP contribution < -0.4 is 10.1 Å². The van der Waals surface area contributed by atoms with Crippen LogP contribution in [0, 0.1) is 5.92 Å². The van der Waals surface area contributed by atoms with Gasteiger partial charge in [0.2, 0.25) is 0 Å². The second kappa shape index (κ2) is 9.30. The number of fused-ring (bicyclic) bond motifs is 1. The molecule has 1 amide bonds. The van der Waals surface area contributed by atoms with Gasteiger partial charge in [-0.15, -0.1) is 0 Å². The number of ether oxygens (including phenoxy) is 1. The summed E-state index contributed by atoms with van der Waals surface area (Å²) in [7, 11) is 0. The number of amides is 1. The summed E-state index contributed by atoms with van der Waals surface area (Å²) < 4.78 is 7.80. The highest BCUT2D eigenvalue weighted by Gasteiger charge is 2.19. The van der Waals surface area contributed by atoms with Crippen molar-refractivity contribution in [3.8, 4) is 5.75 Å². The van der Waals surface area contributed by atoms with Crippen molar-refractivity contribution in [3.05, 3.63) is 54.4 Å². The highest BCUT2D eigenvalue weighted by Crippen LogP contribution is 2.23. The number of hydrogen-bond donors (Lipinski definition) is 1. The second-order valence-corrected chi connectivity index (χ2v) is 8.08. The van der Waals surface area contributed by atoms with Gasteiger partial charge in [0.05, 0.1) is 17.6 Å². The van der Waals surface area contributed by atoms with E-state index in [1.807, 2.05) is 48.5 Å². The molecule has 158 valence electrons. The van der Waals surface area contributed by atoms with Crippen LogP contribution in [0.3, 0.4) is 0 Å². The van der Waals surface area contributed by atoms with Crippen molar-refractivity contribution in [2.24, 2.45) is 5.92 Å². The van der Waals surface area contributed by atoms with Crippen LogP contribution in [0.1, 0.15) is 32.5 Å². The number of anilines is 1. The Morgan fingerprint density at radius 3 is 2.67 bits per heavy atom. The molecular formula is C24H30N4O2. The van der Waals surface area contributed by atoms with E-state index in [-0.39, 0.29) is 12.5 Å². The Balaban J connectivity index is 1.43. The molecule has 0 bridgehead atoms. The summed E-state index contributed by atoms with van der Waals surface area (Å²) in [6, 6.07) is 15.3. The summed E-state index contributed by atoms with van der Waals surface area (Å²) in [5.41, 5.74) is 2.76. The molecule has 1 N–H and O–H groups in total. The lowest BCUT2D eigenvalue weighted by atomic mass is 9.99. The molecule has 0 unspecified atom stereocenters. The third kappa shape index (κ3) is 4.82. The zero-order valence-corrected chi connectivity index (χ0v) is 17.8. The van der Waals surface area contributed by atoms with Gasteiger partial charge in [-0.25, -0.2) is 4.98 Å². The predicted octanol–water partition coefficient (Wildman–Crippen LogP) is 4.31. The standard InChI is InChI=1S/C24H30N4O2/c1-3-28-22-10-9-19(25-24(29)17-30-20-7-5-4-6-8-20)15-21(22)26-23(28)16-27-13-11-18(2)12-14-27/h4-10,15,18H,3,11-14,16-17H2,1-2H3,(H,25,29). The number of nitrogens with zero attached hydrogens (tertiary/aromatic N) is 3. The van der Waals surface area contributed by atoms with Crippen molar-refractivity contribution in [3.63, 3.8) is 0 Å². The molecule has 4 rings (SSSR count). The number of hydrogen-bond acceptors (Lipinski definition) is 4. The van der Waals surface area contributed by atoms with Crippen LogP contribution in [-0.4, -0.2) is 40.1 Å². The van der Waals surface area contributed by atoms with Crippen LogP contribution in [0.5, 0.6) is 5.75 Å². The van der Waals surface area contributed by atoms with Gasteiger partial charge in [-0.2, -0.15) is 0 Å². The normalized spacial score (nSPS) is 15.4. The van der Waals surface area contributed by atoms with E-state index in [0.29, 0.717) is 5.75 Å². The smallest absolute Gasteiger partial charge is 0.262 e. The number of aryl methyl sites for hydroxylation is 1. The Morgan fingerprint density at radius 1 is 1.17 bits per heavy atom. The molecule has 1 saturated heterocycles. The first kappa shape index (κ1) is 20.4. The molecule has 1 aromatic heterocycles. The molecule has 30 heavy (non-hydrogen) atoms. The van der Waals surface area contributed by atoms with E-state index in [4.69, 9.17) is 9.72 Å². The van der Waals surface area contributed by atoms with Crippen molar-refractivity contribution in [1.29, 1.82) is 0 Å². The Bertz CT molecular complexity index is 991. The van der Waals surface area contributed by atoms with E-state index in [9.17, 15) is 4.79 Å². The molecule has 0 radical (unpaired) electrons. The van der Waals surface area contributed by atoms with E-state index < -0.39 is 0 Å². The number of para-hydroxylation sites is 1. The summed E-state index contributed by atoms with van der Waals surface area (Å²) in [6.45, 7) is 8.49. The van der Waals surface area contributed by atoms with E-state index >= 15 is 0 Å². The van der Waals surface area contributed by atoms with E-state index in [1.54, 1.807) is 0 Å². The van der Waals surface area contributed by atoms with Crippen LogP contribution in [0.15, 0.2) is 48.5 Å². The molecule has 1 aliphatic rings. The van der Waals surface area contributed by atoms with Crippen molar-refractivity contribution in [1.82, 2.24) is 14.5 Å². The minimum atomic E-state index is -0.184. The minimum absolute atomic E-state index is 0.0237. The van der Waals surface area contributed by atoms with Crippen LogP contribution in [0.25, 0.3) is 11.0 Å². The van der Waals surface area contributed by atoms with Gasteiger partial charge in [-0.3, -0.25) is 9.69 Å². The Hall–Kier alpha value is -2.86. The number of carbonyl (C=O) groups excluding carboxylic acids is 1. The molecule has 6 nitrogen and oxygen atoms in total. The first-order chi connectivity index (χ1) is 14.6. The fourth-order valence-corrected chi connectivity index (χ4v) is 4.01. The number of carbonyl (C=O) groups is 1. The zero-order chi connectivity index (χ0) is 20.9. The molecule has 1 fully saturated rings. The lowest BCUT2D eigenvalue weighted by molar-refractivity contribution is -0.118. The molecule has 3 aromatic rings. The van der Waals surface area contributed by atoms with Gasteiger partial charge in [0.1, 0.15) is 11.6 Å². The van der Waals surface area contributed by atoms with Crippen molar-refractivity contribution < 1.29 is 9.53 Å². The summed E-state index contributed by atoms with van der Waals surface area (Å²) in [6.07, 6.45) is 2.52. The average molecular weight is 407 g/mol.